The standard InChI is InChI=1S/C15H28N2O3/c1-5-10(2)9-11(3)16-14(20)17-12-7-6-8-15(12,4)13(18)19/h10-12H,5-9H2,1-4H3,(H,18,19)(H2,16,17,20). The zero-order valence-corrected chi connectivity index (χ0v) is 13.0. The van der Waals surface area contributed by atoms with Gasteiger partial charge in [0, 0.05) is 12.1 Å². The van der Waals surface area contributed by atoms with Crippen molar-refractivity contribution < 1.29 is 14.7 Å². The van der Waals surface area contributed by atoms with E-state index in [4.69, 9.17) is 0 Å². The van der Waals surface area contributed by atoms with Crippen LogP contribution in [0, 0.1) is 11.3 Å². The van der Waals surface area contributed by atoms with Crippen LogP contribution in [0.15, 0.2) is 0 Å². The Hall–Kier alpha value is -1.26. The summed E-state index contributed by atoms with van der Waals surface area (Å²) in [6.07, 6.45) is 4.22. The van der Waals surface area contributed by atoms with Crippen LogP contribution in [0.25, 0.3) is 0 Å². The van der Waals surface area contributed by atoms with Crippen LogP contribution in [0.1, 0.15) is 59.8 Å². The first-order chi connectivity index (χ1) is 9.29. The van der Waals surface area contributed by atoms with Crippen molar-refractivity contribution in [2.45, 2.75) is 71.9 Å². The first-order valence-electron chi connectivity index (χ1n) is 7.60. The minimum Gasteiger partial charge on any atom is -0.481 e. The van der Waals surface area contributed by atoms with Crippen LogP contribution in [0.4, 0.5) is 4.79 Å². The summed E-state index contributed by atoms with van der Waals surface area (Å²) in [7, 11) is 0. The number of aliphatic carboxylic acids is 1. The summed E-state index contributed by atoms with van der Waals surface area (Å²) in [6, 6.07) is -0.432. The average Bonchev–Trinajstić information content (AvgIpc) is 2.71. The molecule has 0 spiro atoms. The first-order valence-corrected chi connectivity index (χ1v) is 7.60. The molecule has 4 unspecified atom stereocenters. The Morgan fingerprint density at radius 2 is 2.05 bits per heavy atom. The third kappa shape index (κ3) is 4.12. The van der Waals surface area contributed by atoms with E-state index in [1.54, 1.807) is 6.92 Å². The molecule has 2 amide bonds. The molecule has 5 heteroatoms. The molecule has 20 heavy (non-hydrogen) atoms. The maximum absolute atomic E-state index is 12.0. The van der Waals surface area contributed by atoms with Gasteiger partial charge in [0.25, 0.3) is 0 Å². The van der Waals surface area contributed by atoms with E-state index in [1.807, 2.05) is 6.92 Å². The van der Waals surface area contributed by atoms with E-state index in [9.17, 15) is 14.7 Å². The van der Waals surface area contributed by atoms with Crippen LogP contribution < -0.4 is 10.6 Å². The molecule has 0 heterocycles. The summed E-state index contributed by atoms with van der Waals surface area (Å²) in [6.45, 7) is 8.00. The summed E-state index contributed by atoms with van der Waals surface area (Å²) < 4.78 is 0. The maximum Gasteiger partial charge on any atom is 0.315 e. The van der Waals surface area contributed by atoms with Gasteiger partial charge in [0.2, 0.25) is 0 Å². The molecule has 5 nitrogen and oxygen atoms in total. The van der Waals surface area contributed by atoms with Crippen molar-refractivity contribution in [1.82, 2.24) is 10.6 Å². The minimum absolute atomic E-state index is 0.0995. The van der Waals surface area contributed by atoms with E-state index in [-0.39, 0.29) is 18.1 Å². The molecule has 0 saturated heterocycles. The predicted octanol–water partition coefficient (Wildman–Crippen LogP) is 2.75. The van der Waals surface area contributed by atoms with Gasteiger partial charge in [-0.3, -0.25) is 4.79 Å². The monoisotopic (exact) mass is 284 g/mol. The quantitative estimate of drug-likeness (QED) is 0.701. The highest BCUT2D eigenvalue weighted by Crippen LogP contribution is 2.38. The molecule has 1 aliphatic carbocycles. The fraction of sp³-hybridized carbons (Fsp3) is 0.867. The molecular weight excluding hydrogens is 256 g/mol. The Labute approximate surface area is 121 Å². The number of amides is 2. The smallest absolute Gasteiger partial charge is 0.315 e. The van der Waals surface area contributed by atoms with Gasteiger partial charge in [-0.2, -0.15) is 0 Å². The number of hydrogen-bond donors (Lipinski definition) is 3. The lowest BCUT2D eigenvalue weighted by atomic mass is 9.85. The van der Waals surface area contributed by atoms with Gasteiger partial charge < -0.3 is 15.7 Å². The Morgan fingerprint density at radius 1 is 1.40 bits per heavy atom. The molecule has 0 aromatic carbocycles. The van der Waals surface area contributed by atoms with Crippen molar-refractivity contribution in [3.05, 3.63) is 0 Å². The molecule has 1 saturated carbocycles. The number of nitrogens with one attached hydrogen (secondary N) is 2. The lowest BCUT2D eigenvalue weighted by Gasteiger charge is -2.28. The number of carbonyl (C=O) groups is 2. The molecule has 0 aliphatic heterocycles. The van der Waals surface area contributed by atoms with E-state index < -0.39 is 11.4 Å². The zero-order valence-electron chi connectivity index (χ0n) is 13.0. The summed E-state index contributed by atoms with van der Waals surface area (Å²) in [4.78, 5) is 23.3. The van der Waals surface area contributed by atoms with Crippen LogP contribution >= 0.6 is 0 Å². The summed E-state index contributed by atoms with van der Waals surface area (Å²) in [5.41, 5.74) is -0.836. The first kappa shape index (κ1) is 16.8. The van der Waals surface area contributed by atoms with E-state index in [1.165, 1.54) is 0 Å². The van der Waals surface area contributed by atoms with Gasteiger partial charge in [-0.15, -0.1) is 0 Å². The number of hydrogen-bond acceptors (Lipinski definition) is 2. The largest absolute Gasteiger partial charge is 0.481 e. The van der Waals surface area contributed by atoms with Gasteiger partial charge in [-0.05, 0) is 39.0 Å². The second kappa shape index (κ2) is 6.95. The van der Waals surface area contributed by atoms with Crippen molar-refractivity contribution in [1.29, 1.82) is 0 Å². The van der Waals surface area contributed by atoms with Crippen LogP contribution in [0.3, 0.4) is 0 Å². The van der Waals surface area contributed by atoms with Crippen molar-refractivity contribution in [3.63, 3.8) is 0 Å². The van der Waals surface area contributed by atoms with Crippen LogP contribution in [-0.2, 0) is 4.79 Å². The van der Waals surface area contributed by atoms with E-state index in [0.717, 1.165) is 25.7 Å². The lowest BCUT2D eigenvalue weighted by Crippen LogP contribution is -2.51. The van der Waals surface area contributed by atoms with Crippen LogP contribution in [0.5, 0.6) is 0 Å². The van der Waals surface area contributed by atoms with E-state index in [2.05, 4.69) is 24.5 Å². The molecule has 0 aromatic rings. The Kier molecular flexibility index (Phi) is 5.84. The van der Waals surface area contributed by atoms with Gasteiger partial charge in [0.05, 0.1) is 5.41 Å². The number of carbonyl (C=O) groups excluding carboxylic acids is 1. The van der Waals surface area contributed by atoms with Crippen molar-refractivity contribution >= 4 is 12.0 Å². The second-order valence-electron chi connectivity index (χ2n) is 6.44. The Morgan fingerprint density at radius 3 is 2.60 bits per heavy atom. The highest BCUT2D eigenvalue weighted by molar-refractivity contribution is 5.79. The summed E-state index contributed by atoms with van der Waals surface area (Å²) in [5.74, 6) is -0.256. The van der Waals surface area contributed by atoms with Crippen molar-refractivity contribution in [2.75, 3.05) is 0 Å². The summed E-state index contributed by atoms with van der Waals surface area (Å²) >= 11 is 0. The fourth-order valence-electron chi connectivity index (χ4n) is 2.91. The number of rotatable bonds is 6. The third-order valence-electron chi connectivity index (χ3n) is 4.58. The molecule has 0 bridgehead atoms. The molecule has 1 rings (SSSR count). The molecule has 0 aromatic heterocycles. The van der Waals surface area contributed by atoms with Gasteiger partial charge in [-0.25, -0.2) is 4.79 Å². The SMILES string of the molecule is CCC(C)CC(C)NC(=O)NC1CCCC1(C)C(=O)O. The molecule has 1 fully saturated rings. The molecule has 0 radical (unpaired) electrons. The maximum atomic E-state index is 12.0. The number of carboxylic acids is 1. The number of carboxylic acid groups (broad SMARTS) is 1. The van der Waals surface area contributed by atoms with Gasteiger partial charge >= 0.3 is 12.0 Å². The van der Waals surface area contributed by atoms with E-state index >= 15 is 0 Å². The zero-order chi connectivity index (χ0) is 15.3. The van der Waals surface area contributed by atoms with Gasteiger partial charge in [0.15, 0.2) is 0 Å². The number of urea groups is 1. The summed E-state index contributed by atoms with van der Waals surface area (Å²) in [5, 5.41) is 15.1. The lowest BCUT2D eigenvalue weighted by molar-refractivity contribution is -0.148. The van der Waals surface area contributed by atoms with Gasteiger partial charge in [0.1, 0.15) is 0 Å². The fourth-order valence-corrected chi connectivity index (χ4v) is 2.91. The van der Waals surface area contributed by atoms with Crippen LogP contribution in [0.2, 0.25) is 0 Å². The van der Waals surface area contributed by atoms with Crippen molar-refractivity contribution in [2.24, 2.45) is 11.3 Å². The molecule has 3 N–H and O–H groups in total. The second-order valence-corrected chi connectivity index (χ2v) is 6.44. The third-order valence-corrected chi connectivity index (χ3v) is 4.58. The predicted molar refractivity (Wildman–Crippen MR) is 78.6 cm³/mol. The topological polar surface area (TPSA) is 78.4 Å². The highest BCUT2D eigenvalue weighted by atomic mass is 16.4. The van der Waals surface area contributed by atoms with E-state index in [0.29, 0.717) is 12.3 Å². The van der Waals surface area contributed by atoms with Gasteiger partial charge in [-0.1, -0.05) is 26.7 Å². The minimum atomic E-state index is -0.836. The molecule has 4 atom stereocenters. The Balaban J connectivity index is 2.48. The molecule has 1 aliphatic rings. The molecular formula is C15H28N2O3. The Bertz CT molecular complexity index is 359. The highest BCUT2D eigenvalue weighted by Gasteiger charge is 2.45. The molecule has 116 valence electrons. The van der Waals surface area contributed by atoms with Crippen LogP contribution in [-0.4, -0.2) is 29.2 Å². The normalized spacial score (nSPS) is 28.7. The van der Waals surface area contributed by atoms with Crippen molar-refractivity contribution in [3.8, 4) is 0 Å². The average molecular weight is 284 g/mol.